The first kappa shape index (κ1) is 43.9. The Morgan fingerprint density at radius 1 is 1.25 bits per heavy atom. The molecule has 1 saturated heterocycles. The highest BCUT2D eigenvalue weighted by Crippen LogP contribution is 2.38. The topological polar surface area (TPSA) is 136 Å². The highest BCUT2D eigenvalue weighted by molar-refractivity contribution is 8.76. The Morgan fingerprint density at radius 2 is 1.94 bits per heavy atom. The van der Waals surface area contributed by atoms with Crippen LogP contribution in [0.2, 0.25) is 5.02 Å². The maximum absolute atomic E-state index is 14.1. The fourth-order valence-electron chi connectivity index (χ4n) is 6.24. The number of hydrogen-bond donors (Lipinski definition) is 2. The second-order valence-electron chi connectivity index (χ2n) is 14.0. The van der Waals surface area contributed by atoms with Crippen molar-refractivity contribution in [1.29, 1.82) is 0 Å². The number of halogens is 1. The number of amides is 2. The lowest BCUT2D eigenvalue weighted by molar-refractivity contribution is -0.203. The summed E-state index contributed by atoms with van der Waals surface area (Å²) < 4.78 is 29.5. The van der Waals surface area contributed by atoms with Gasteiger partial charge < -0.3 is 33.7 Å². The van der Waals surface area contributed by atoms with Gasteiger partial charge in [-0.05, 0) is 85.4 Å². The largest absolute Gasteiger partial charge is 0.495 e. The first-order valence-electron chi connectivity index (χ1n) is 17.3. The predicted octanol–water partition coefficient (Wildman–Crippen LogP) is 6.17. The normalized spacial score (nSPS) is 28.6. The highest BCUT2D eigenvalue weighted by Gasteiger charge is 2.48. The van der Waals surface area contributed by atoms with Crippen molar-refractivity contribution in [3.05, 3.63) is 46.5 Å². The first-order chi connectivity index (χ1) is 24.4. The molecule has 0 aliphatic carbocycles. The molecule has 2 N–H and O–H groups in total. The number of anilines is 1. The number of benzene rings is 1. The smallest absolute Gasteiger partial charge is 0.409 e. The van der Waals surface area contributed by atoms with E-state index in [1.165, 1.54) is 19.1 Å². The van der Waals surface area contributed by atoms with E-state index in [1.807, 2.05) is 43.3 Å². The van der Waals surface area contributed by atoms with Gasteiger partial charge in [0.2, 0.25) is 5.91 Å². The zero-order chi connectivity index (χ0) is 39.0. The summed E-state index contributed by atoms with van der Waals surface area (Å²) in [5.41, 5.74) is -0.904. The number of allylic oxidation sites excluding steroid dienone is 3. The van der Waals surface area contributed by atoms with Crippen LogP contribution in [0.15, 0.2) is 35.9 Å². The number of rotatable bonds is 10. The number of hydrogen-bond acceptors (Lipinski definition) is 12. The summed E-state index contributed by atoms with van der Waals surface area (Å²) in [4.78, 5) is 44.2. The molecule has 52 heavy (non-hydrogen) atoms. The van der Waals surface area contributed by atoms with E-state index < -0.39 is 53.8 Å². The summed E-state index contributed by atoms with van der Waals surface area (Å²) in [6.07, 6.45) is 3.74. The molecule has 2 amide bonds. The van der Waals surface area contributed by atoms with Crippen LogP contribution in [-0.4, -0.2) is 116 Å². The number of carbonyl (C=O) groups excluding carboxylic acids is 3. The summed E-state index contributed by atoms with van der Waals surface area (Å²) in [6, 6.07) is 3.11. The molecule has 2 aliphatic rings. The van der Waals surface area contributed by atoms with Gasteiger partial charge >= 0.3 is 12.1 Å². The predicted molar refractivity (Wildman–Crippen MR) is 208 cm³/mol. The van der Waals surface area contributed by atoms with E-state index >= 15 is 0 Å². The molecule has 0 radical (unpaired) electrons. The fraction of sp³-hybridized carbons (Fsp3) is 0.649. The van der Waals surface area contributed by atoms with Crippen LogP contribution in [0.25, 0.3) is 0 Å². The van der Waals surface area contributed by atoms with E-state index in [-0.39, 0.29) is 29.8 Å². The molecular weight excluding hydrogens is 730 g/mol. The Kier molecular flexibility index (Phi) is 16.2. The molecule has 2 aliphatic heterocycles. The average Bonchev–Trinajstić information content (AvgIpc) is 3.08. The summed E-state index contributed by atoms with van der Waals surface area (Å²) in [5, 5.41) is 14.5. The molecule has 1 fully saturated rings. The van der Waals surface area contributed by atoms with Crippen LogP contribution in [0, 0.1) is 0 Å². The van der Waals surface area contributed by atoms with Gasteiger partial charge in [-0.25, -0.2) is 4.79 Å². The second-order valence-corrected chi connectivity index (χ2v) is 17.1. The SMILES string of the molecule is COc1cc2cc(c1Cl)N(C)C(=O)C[C@H](OC(=O)[C@H](C)N(C)[C@@H](C)CCSSC)C(C)(C)OC(C)[C@@H]1C[C@@](O)(NC(=O)O1)[C@H](OC)/C=C/C=C(\C)C2. The number of esters is 1. The molecule has 1 aromatic rings. The number of aliphatic hydroxyl groups is 1. The third-order valence-corrected chi connectivity index (χ3v) is 12.0. The Bertz CT molecular complexity index is 1480. The Labute approximate surface area is 321 Å². The lowest BCUT2D eigenvalue weighted by atomic mass is 9.93. The van der Waals surface area contributed by atoms with E-state index in [2.05, 4.69) is 12.2 Å². The van der Waals surface area contributed by atoms with Crippen LogP contribution >= 0.6 is 33.2 Å². The van der Waals surface area contributed by atoms with E-state index in [4.69, 9.17) is 35.3 Å². The summed E-state index contributed by atoms with van der Waals surface area (Å²) >= 11 is 6.78. The van der Waals surface area contributed by atoms with Crippen molar-refractivity contribution in [2.45, 2.75) is 115 Å². The molecule has 0 aromatic heterocycles. The summed E-state index contributed by atoms with van der Waals surface area (Å²) in [5.74, 6) is 0.427. The molecule has 1 aromatic carbocycles. The molecule has 1 unspecified atom stereocenters. The van der Waals surface area contributed by atoms with Gasteiger partial charge in [0, 0.05) is 32.4 Å². The summed E-state index contributed by atoms with van der Waals surface area (Å²) in [7, 11) is 9.90. The molecule has 2 heterocycles. The van der Waals surface area contributed by atoms with E-state index in [0.29, 0.717) is 17.9 Å². The van der Waals surface area contributed by atoms with Crippen LogP contribution in [0.4, 0.5) is 10.5 Å². The summed E-state index contributed by atoms with van der Waals surface area (Å²) in [6.45, 7) is 10.9. The van der Waals surface area contributed by atoms with Gasteiger partial charge in [-0.15, -0.1) is 0 Å². The monoisotopic (exact) mass is 785 g/mol. The second kappa shape index (κ2) is 19.2. The van der Waals surface area contributed by atoms with Crippen molar-refractivity contribution in [3.63, 3.8) is 0 Å². The number of alkyl carbamates (subject to hydrolysis) is 1. The van der Waals surface area contributed by atoms with Gasteiger partial charge in [-0.2, -0.15) is 0 Å². The van der Waals surface area contributed by atoms with E-state index in [1.54, 1.807) is 68.5 Å². The van der Waals surface area contributed by atoms with Crippen LogP contribution < -0.4 is 15.0 Å². The number of nitrogens with zero attached hydrogens (tertiary/aromatic N) is 2. The van der Waals surface area contributed by atoms with Crippen molar-refractivity contribution in [2.24, 2.45) is 0 Å². The quantitative estimate of drug-likeness (QED) is 0.160. The maximum Gasteiger partial charge on any atom is 0.409 e. The Morgan fingerprint density at radius 3 is 2.58 bits per heavy atom. The van der Waals surface area contributed by atoms with Crippen LogP contribution in [0.5, 0.6) is 5.75 Å². The molecule has 7 atom stereocenters. The number of methoxy groups -OCH3 is 2. The molecule has 0 saturated carbocycles. The lowest BCUT2D eigenvalue weighted by Crippen LogP contribution is -2.64. The minimum atomic E-state index is -1.83. The Hall–Kier alpha value is -2.46. The minimum absolute atomic E-state index is 0.0771. The van der Waals surface area contributed by atoms with Crippen molar-refractivity contribution < 1.29 is 43.2 Å². The average molecular weight is 786 g/mol. The zero-order valence-corrected chi connectivity index (χ0v) is 34.6. The number of nitrogens with one attached hydrogen (secondary N) is 1. The first-order valence-corrected chi connectivity index (χ1v) is 20.4. The van der Waals surface area contributed by atoms with Crippen LogP contribution in [0.3, 0.4) is 0 Å². The van der Waals surface area contributed by atoms with Gasteiger partial charge in [0.15, 0.2) is 5.72 Å². The maximum atomic E-state index is 14.1. The molecule has 0 spiro atoms. The van der Waals surface area contributed by atoms with E-state index in [0.717, 1.165) is 23.3 Å². The highest BCUT2D eigenvalue weighted by atomic mass is 35.5. The van der Waals surface area contributed by atoms with Crippen LogP contribution in [-0.2, 0) is 35.0 Å². The van der Waals surface area contributed by atoms with Gasteiger partial charge in [0.05, 0.1) is 25.3 Å². The number of carbonyl (C=O) groups is 3. The number of likely N-dealkylation sites (N-methyl/N-ethyl adjacent to an activating group) is 1. The zero-order valence-electron chi connectivity index (χ0n) is 32.2. The third kappa shape index (κ3) is 11.3. The molecule has 4 bridgehead atoms. The van der Waals surface area contributed by atoms with Gasteiger partial charge in [0.25, 0.3) is 0 Å². The van der Waals surface area contributed by atoms with Gasteiger partial charge in [0.1, 0.15) is 40.7 Å². The van der Waals surface area contributed by atoms with Crippen molar-refractivity contribution >= 4 is 56.8 Å². The van der Waals surface area contributed by atoms with Crippen molar-refractivity contribution in [1.82, 2.24) is 10.2 Å². The minimum Gasteiger partial charge on any atom is -0.495 e. The van der Waals surface area contributed by atoms with Gasteiger partial charge in [-0.3, -0.25) is 19.8 Å². The molecule has 3 rings (SSSR count). The molecular formula is C37H56ClN3O9S2. The number of ether oxygens (including phenoxy) is 5. The standard InChI is InChI=1S/C37H56ClN3O9S2/c1-22-13-12-14-30(47-10)37(45)21-29(48-35(44)39-37)25(4)50-36(5,6)31(49-34(43)24(3)40(7)23(2)15-16-52-51-11)20-32(42)41(8)27-18-26(17-22)19-28(46-9)33(27)38/h12-14,18-19,23-25,29-31,45H,15-17,20-21H2,1-11H3,(H,39,44)/b14-12+,22-13+/t23-,24-,25?,29-,30+,31-,37-/m0/s1. The molecule has 292 valence electrons. The fourth-order valence-corrected chi connectivity index (χ4v) is 7.95. The number of fused-ring (bicyclic) bond motifs is 4. The van der Waals surface area contributed by atoms with Crippen molar-refractivity contribution in [2.75, 3.05) is 45.2 Å². The molecule has 15 heteroatoms. The van der Waals surface area contributed by atoms with Gasteiger partial charge in [-0.1, -0.05) is 57.0 Å². The van der Waals surface area contributed by atoms with E-state index in [9.17, 15) is 19.5 Å². The molecule has 12 nitrogen and oxygen atoms in total. The third-order valence-electron chi connectivity index (χ3n) is 9.79. The lowest BCUT2D eigenvalue weighted by Gasteiger charge is -2.44. The van der Waals surface area contributed by atoms with Crippen LogP contribution in [0.1, 0.15) is 66.4 Å². The Balaban J connectivity index is 2.09. The van der Waals surface area contributed by atoms with Crippen molar-refractivity contribution in [3.8, 4) is 5.75 Å².